The van der Waals surface area contributed by atoms with Gasteiger partial charge in [0.05, 0.1) is 34.4 Å². The molecule has 5 rings (SSSR count). The Labute approximate surface area is 235 Å². The van der Waals surface area contributed by atoms with Gasteiger partial charge < -0.3 is 15.8 Å². The van der Waals surface area contributed by atoms with Crippen LogP contribution >= 0.6 is 11.6 Å². The first-order valence-electron chi connectivity index (χ1n) is 12.7. The predicted octanol–water partition coefficient (Wildman–Crippen LogP) is 5.36. The molecular formula is C30H27ClN6O3. The molecule has 0 aliphatic carbocycles. The van der Waals surface area contributed by atoms with Gasteiger partial charge in [0.25, 0.3) is 11.5 Å². The molecule has 3 aromatic heterocycles. The van der Waals surface area contributed by atoms with E-state index in [0.29, 0.717) is 44.3 Å². The Balaban J connectivity index is 1.50. The summed E-state index contributed by atoms with van der Waals surface area (Å²) in [5.74, 6) is -0.0766. The molecule has 0 radical (unpaired) electrons. The quantitative estimate of drug-likeness (QED) is 0.277. The van der Waals surface area contributed by atoms with E-state index in [2.05, 4.69) is 20.3 Å². The molecule has 3 N–H and O–H groups in total. The molecule has 0 fully saturated rings. The molecule has 0 bridgehead atoms. The average Bonchev–Trinajstić information content (AvgIpc) is 2.93. The van der Waals surface area contributed by atoms with Crippen molar-refractivity contribution in [2.45, 2.75) is 32.9 Å². The lowest BCUT2D eigenvalue weighted by molar-refractivity contribution is 0.0934. The summed E-state index contributed by atoms with van der Waals surface area (Å²) in [6, 6.07) is 19.2. The van der Waals surface area contributed by atoms with Gasteiger partial charge in [0.2, 0.25) is 5.88 Å². The van der Waals surface area contributed by atoms with Crippen LogP contribution < -0.4 is 21.3 Å². The number of fused-ring (bicyclic) bond motifs is 1. The number of hydrogen-bond donors (Lipinski definition) is 2. The van der Waals surface area contributed by atoms with Crippen LogP contribution in [0.25, 0.3) is 27.7 Å². The van der Waals surface area contributed by atoms with Crippen molar-refractivity contribution in [3.8, 4) is 22.8 Å². The summed E-state index contributed by atoms with van der Waals surface area (Å²) in [7, 11) is 0. The number of anilines is 1. The fourth-order valence-electron chi connectivity index (χ4n) is 4.39. The number of aromatic nitrogens is 4. The van der Waals surface area contributed by atoms with Crippen LogP contribution in [-0.4, -0.2) is 31.5 Å². The lowest BCUT2D eigenvalue weighted by Crippen LogP contribution is -2.33. The zero-order valence-corrected chi connectivity index (χ0v) is 22.9. The van der Waals surface area contributed by atoms with Gasteiger partial charge in [0.15, 0.2) is 11.5 Å². The van der Waals surface area contributed by atoms with Crippen LogP contribution in [0.4, 0.5) is 5.82 Å². The average molecular weight is 555 g/mol. The number of hydrogen-bond acceptors (Lipinski definition) is 7. The summed E-state index contributed by atoms with van der Waals surface area (Å²) < 4.78 is 7.14. The molecule has 0 spiro atoms. The number of para-hydroxylation sites is 1. The number of ether oxygens (including phenoxy) is 1. The molecule has 202 valence electrons. The third-order valence-corrected chi connectivity index (χ3v) is 6.55. The number of halogens is 1. The molecule has 1 atom stereocenters. The first-order chi connectivity index (χ1) is 19.2. The van der Waals surface area contributed by atoms with Crippen LogP contribution in [0.1, 0.15) is 43.0 Å². The molecule has 0 aliphatic rings. The standard InChI is InChI=1S/C30H27ClN6O3/c1-17(2)40-25-13-12-20(15-33-25)23-16-34-28(32)27(36-23)29(38)35-18(3)24-14-19-8-7-11-22(31)26(19)30(39)37(24)21-9-5-4-6-10-21/h4-18H,1-3H3,(H2,32,34)(H,35,38). The zero-order valence-electron chi connectivity index (χ0n) is 22.1. The Morgan fingerprint density at radius 1 is 1.00 bits per heavy atom. The van der Waals surface area contributed by atoms with Gasteiger partial charge in [-0.1, -0.05) is 41.9 Å². The highest BCUT2D eigenvalue weighted by atomic mass is 35.5. The Morgan fingerprint density at radius 2 is 1.77 bits per heavy atom. The molecule has 3 heterocycles. The Bertz CT molecular complexity index is 1750. The lowest BCUT2D eigenvalue weighted by atomic mass is 10.1. The number of nitrogens with one attached hydrogen (secondary N) is 1. The number of carbonyl (C=O) groups excluding carboxylic acids is 1. The second-order valence-electron chi connectivity index (χ2n) is 9.49. The van der Waals surface area contributed by atoms with E-state index in [1.807, 2.05) is 56.3 Å². The van der Waals surface area contributed by atoms with Gasteiger partial charge in [-0.25, -0.2) is 15.0 Å². The minimum absolute atomic E-state index is 0.00944. The molecule has 10 heteroatoms. The number of benzene rings is 2. The van der Waals surface area contributed by atoms with Crippen molar-refractivity contribution in [3.05, 3.63) is 106 Å². The largest absolute Gasteiger partial charge is 0.475 e. The van der Waals surface area contributed by atoms with E-state index < -0.39 is 11.9 Å². The van der Waals surface area contributed by atoms with Crippen LogP contribution in [0, 0.1) is 0 Å². The van der Waals surface area contributed by atoms with Crippen LogP contribution in [0.5, 0.6) is 5.88 Å². The highest BCUT2D eigenvalue weighted by Gasteiger charge is 2.22. The summed E-state index contributed by atoms with van der Waals surface area (Å²) >= 11 is 6.41. The molecule has 1 unspecified atom stereocenters. The minimum Gasteiger partial charge on any atom is -0.475 e. The highest BCUT2D eigenvalue weighted by molar-refractivity contribution is 6.35. The maximum atomic E-state index is 13.7. The van der Waals surface area contributed by atoms with Crippen molar-refractivity contribution in [2.24, 2.45) is 0 Å². The molecule has 0 aliphatic heterocycles. The van der Waals surface area contributed by atoms with Crippen molar-refractivity contribution in [1.82, 2.24) is 24.8 Å². The summed E-state index contributed by atoms with van der Waals surface area (Å²) in [6.45, 7) is 5.62. The number of amides is 1. The molecule has 2 aromatic carbocycles. The van der Waals surface area contributed by atoms with Crippen molar-refractivity contribution < 1.29 is 9.53 Å². The molecule has 9 nitrogen and oxygen atoms in total. The molecular weight excluding hydrogens is 528 g/mol. The van der Waals surface area contributed by atoms with E-state index in [-0.39, 0.29) is 23.2 Å². The van der Waals surface area contributed by atoms with Crippen molar-refractivity contribution in [3.63, 3.8) is 0 Å². The molecule has 5 aromatic rings. The van der Waals surface area contributed by atoms with Crippen LogP contribution in [0.3, 0.4) is 0 Å². The van der Waals surface area contributed by atoms with Crippen LogP contribution in [0.2, 0.25) is 5.02 Å². The third-order valence-electron chi connectivity index (χ3n) is 6.23. The number of nitrogens with two attached hydrogens (primary N) is 1. The molecule has 40 heavy (non-hydrogen) atoms. The first-order valence-corrected chi connectivity index (χ1v) is 13.1. The van der Waals surface area contributed by atoms with E-state index in [1.54, 1.807) is 42.0 Å². The summed E-state index contributed by atoms with van der Waals surface area (Å²) in [6.07, 6.45) is 3.07. The molecule has 0 saturated carbocycles. The maximum absolute atomic E-state index is 13.7. The normalized spacial score (nSPS) is 11.9. The first kappa shape index (κ1) is 26.8. The van der Waals surface area contributed by atoms with Crippen molar-refractivity contribution in [1.29, 1.82) is 0 Å². The third kappa shape index (κ3) is 5.37. The van der Waals surface area contributed by atoms with Gasteiger partial charge in [0, 0.05) is 29.2 Å². The fraction of sp³-hybridized carbons (Fsp3) is 0.167. The minimum atomic E-state index is -0.609. The monoisotopic (exact) mass is 554 g/mol. The van der Waals surface area contributed by atoms with Crippen LogP contribution in [-0.2, 0) is 0 Å². The lowest BCUT2D eigenvalue weighted by Gasteiger charge is -2.21. The van der Waals surface area contributed by atoms with E-state index >= 15 is 0 Å². The SMILES string of the molecule is CC(C)Oc1ccc(-c2cnc(N)c(C(=O)NC(C)c3cc4cccc(Cl)c4c(=O)n3-c3ccccc3)n2)cn1. The van der Waals surface area contributed by atoms with E-state index in [1.165, 1.54) is 6.20 Å². The Kier molecular flexibility index (Phi) is 7.48. The summed E-state index contributed by atoms with van der Waals surface area (Å²) in [5, 5.41) is 4.35. The Hall–Kier alpha value is -4.76. The second kappa shape index (κ2) is 11.2. The van der Waals surface area contributed by atoms with E-state index in [4.69, 9.17) is 22.1 Å². The molecule has 0 saturated heterocycles. The van der Waals surface area contributed by atoms with E-state index in [9.17, 15) is 9.59 Å². The van der Waals surface area contributed by atoms with Crippen molar-refractivity contribution >= 4 is 34.1 Å². The smallest absolute Gasteiger partial charge is 0.274 e. The van der Waals surface area contributed by atoms with E-state index in [0.717, 1.165) is 0 Å². The van der Waals surface area contributed by atoms with Gasteiger partial charge in [0.1, 0.15) is 0 Å². The fourth-order valence-corrected chi connectivity index (χ4v) is 4.65. The topological polar surface area (TPSA) is 125 Å². The number of nitrogen functional groups attached to an aromatic ring is 1. The van der Waals surface area contributed by atoms with Gasteiger partial charge in [-0.2, -0.15) is 0 Å². The van der Waals surface area contributed by atoms with Gasteiger partial charge in [-0.3, -0.25) is 14.2 Å². The van der Waals surface area contributed by atoms with Crippen LogP contribution in [0.15, 0.2) is 83.9 Å². The van der Waals surface area contributed by atoms with Gasteiger partial charge >= 0.3 is 0 Å². The number of rotatable bonds is 7. The zero-order chi connectivity index (χ0) is 28.4. The van der Waals surface area contributed by atoms with Crippen molar-refractivity contribution in [2.75, 3.05) is 5.73 Å². The highest BCUT2D eigenvalue weighted by Crippen LogP contribution is 2.26. The predicted molar refractivity (Wildman–Crippen MR) is 156 cm³/mol. The summed E-state index contributed by atoms with van der Waals surface area (Å²) in [5.41, 5.74) is 8.01. The van der Waals surface area contributed by atoms with Gasteiger partial charge in [-0.05, 0) is 56.5 Å². The number of nitrogens with zero attached hydrogens (tertiary/aromatic N) is 4. The number of pyridine rings is 2. The number of carbonyl (C=O) groups is 1. The summed E-state index contributed by atoms with van der Waals surface area (Å²) in [4.78, 5) is 40.0. The second-order valence-corrected chi connectivity index (χ2v) is 9.89. The maximum Gasteiger partial charge on any atom is 0.274 e. The Morgan fingerprint density at radius 3 is 2.48 bits per heavy atom. The molecule has 1 amide bonds. The van der Waals surface area contributed by atoms with Gasteiger partial charge in [-0.15, -0.1) is 0 Å².